The second-order valence-electron chi connectivity index (χ2n) is 7.51. The zero-order chi connectivity index (χ0) is 19.8. The van der Waals surface area contributed by atoms with Crippen molar-refractivity contribution in [2.75, 3.05) is 12.3 Å². The first-order valence-corrected chi connectivity index (χ1v) is 12.5. The summed E-state index contributed by atoms with van der Waals surface area (Å²) in [5, 5.41) is 3.78. The average Bonchev–Trinajstić information content (AvgIpc) is 3.24. The monoisotopic (exact) mass is 421 g/mol. The van der Waals surface area contributed by atoms with E-state index in [0.717, 1.165) is 42.4 Å². The number of nitrogens with one attached hydrogen (secondary N) is 2. The summed E-state index contributed by atoms with van der Waals surface area (Å²) in [6.45, 7) is 2.99. The van der Waals surface area contributed by atoms with E-state index in [9.17, 15) is 9.59 Å². The number of H-pyrrole nitrogens is 1. The van der Waals surface area contributed by atoms with Crippen molar-refractivity contribution in [1.82, 2.24) is 15.3 Å². The third kappa shape index (κ3) is 5.83. The molecule has 2 aromatic rings. The first-order valence-electron chi connectivity index (χ1n) is 10.6. The lowest BCUT2D eigenvalue weighted by atomic mass is 10.1. The Balaban J connectivity index is 1.35. The zero-order valence-corrected chi connectivity index (χ0v) is 18.4. The van der Waals surface area contributed by atoms with Gasteiger partial charge in [0, 0.05) is 11.4 Å². The number of thiophene rings is 1. The standard InChI is InChI=1S/C21H31N3O2S2/c1-2-3-4-5-6-7-8-12-22-18(25)14-27-13-17-23-20(26)19-15-10-9-11-16(15)28-21(19)24-17/h2-14H2,1H3,(H,22,25)(H,23,24,26). The van der Waals surface area contributed by atoms with Gasteiger partial charge in [0.1, 0.15) is 10.7 Å². The van der Waals surface area contributed by atoms with Crippen LogP contribution < -0.4 is 10.9 Å². The number of aromatic nitrogens is 2. The predicted molar refractivity (Wildman–Crippen MR) is 119 cm³/mol. The first-order chi connectivity index (χ1) is 13.7. The molecule has 154 valence electrons. The highest BCUT2D eigenvalue weighted by atomic mass is 32.2. The topological polar surface area (TPSA) is 74.8 Å². The second kappa shape index (κ2) is 11.0. The maximum Gasteiger partial charge on any atom is 0.259 e. The van der Waals surface area contributed by atoms with Crippen molar-refractivity contribution in [3.63, 3.8) is 0 Å². The van der Waals surface area contributed by atoms with Crippen LogP contribution in [0, 0.1) is 0 Å². The third-order valence-corrected chi connectivity index (χ3v) is 7.33. The number of aryl methyl sites for hydroxylation is 2. The molecule has 0 fully saturated rings. The average molecular weight is 422 g/mol. The molecule has 5 nitrogen and oxygen atoms in total. The SMILES string of the molecule is CCCCCCCCCNC(=O)CSCc1nc2sc3c(c2c(=O)[nH]1)CCC3. The highest BCUT2D eigenvalue weighted by Crippen LogP contribution is 2.34. The van der Waals surface area contributed by atoms with E-state index in [1.807, 2.05) is 0 Å². The smallest absolute Gasteiger partial charge is 0.259 e. The summed E-state index contributed by atoms with van der Waals surface area (Å²) >= 11 is 3.16. The molecule has 1 aliphatic rings. The van der Waals surface area contributed by atoms with Crippen molar-refractivity contribution in [2.45, 2.75) is 76.9 Å². The van der Waals surface area contributed by atoms with Crippen LogP contribution in [0.2, 0.25) is 0 Å². The van der Waals surface area contributed by atoms with Crippen LogP contribution in [0.5, 0.6) is 0 Å². The number of thioether (sulfide) groups is 1. The molecule has 0 bridgehead atoms. The summed E-state index contributed by atoms with van der Waals surface area (Å²) in [6, 6.07) is 0. The Kier molecular flexibility index (Phi) is 8.40. The van der Waals surface area contributed by atoms with Gasteiger partial charge in [-0.05, 0) is 31.2 Å². The fourth-order valence-electron chi connectivity index (χ4n) is 3.72. The van der Waals surface area contributed by atoms with Crippen molar-refractivity contribution in [3.8, 4) is 0 Å². The van der Waals surface area contributed by atoms with Gasteiger partial charge in [0.05, 0.1) is 16.9 Å². The van der Waals surface area contributed by atoms with Crippen LogP contribution in [-0.2, 0) is 23.4 Å². The molecule has 7 heteroatoms. The van der Waals surface area contributed by atoms with Gasteiger partial charge >= 0.3 is 0 Å². The Morgan fingerprint density at radius 1 is 1.18 bits per heavy atom. The van der Waals surface area contributed by atoms with Crippen LogP contribution in [-0.4, -0.2) is 28.2 Å². The fourth-order valence-corrected chi connectivity index (χ4v) is 5.72. The van der Waals surface area contributed by atoms with Crippen molar-refractivity contribution in [3.05, 3.63) is 26.6 Å². The van der Waals surface area contributed by atoms with Gasteiger partial charge in [-0.3, -0.25) is 9.59 Å². The zero-order valence-electron chi connectivity index (χ0n) is 16.8. The van der Waals surface area contributed by atoms with Crippen LogP contribution in [0.3, 0.4) is 0 Å². The lowest BCUT2D eigenvalue weighted by molar-refractivity contribution is -0.118. The van der Waals surface area contributed by atoms with Gasteiger partial charge in [0.15, 0.2) is 0 Å². The van der Waals surface area contributed by atoms with Crippen molar-refractivity contribution < 1.29 is 4.79 Å². The largest absolute Gasteiger partial charge is 0.355 e. The molecule has 0 saturated carbocycles. The van der Waals surface area contributed by atoms with E-state index in [4.69, 9.17) is 0 Å². The Bertz CT molecular complexity index is 844. The van der Waals surface area contributed by atoms with E-state index in [1.54, 1.807) is 11.3 Å². The normalized spacial score (nSPS) is 13.2. The molecule has 0 saturated heterocycles. The van der Waals surface area contributed by atoms with Crippen LogP contribution in [0.15, 0.2) is 4.79 Å². The molecule has 28 heavy (non-hydrogen) atoms. The Hall–Kier alpha value is -1.34. The van der Waals surface area contributed by atoms with E-state index in [0.29, 0.717) is 17.3 Å². The number of rotatable bonds is 12. The molecule has 0 aliphatic heterocycles. The highest BCUT2D eigenvalue weighted by molar-refractivity contribution is 7.99. The van der Waals surface area contributed by atoms with Gasteiger partial charge < -0.3 is 10.3 Å². The molecule has 2 heterocycles. The minimum Gasteiger partial charge on any atom is -0.355 e. The molecule has 0 spiro atoms. The number of hydrogen-bond acceptors (Lipinski definition) is 5. The number of carbonyl (C=O) groups is 1. The summed E-state index contributed by atoms with van der Waals surface area (Å²) in [5.74, 6) is 1.69. The minimum absolute atomic E-state index is 0.0246. The van der Waals surface area contributed by atoms with Gasteiger partial charge in [0.2, 0.25) is 5.91 Å². The maximum absolute atomic E-state index is 12.4. The van der Waals surface area contributed by atoms with Crippen LogP contribution >= 0.6 is 23.1 Å². The molecule has 0 aromatic carbocycles. The van der Waals surface area contributed by atoms with Crippen LogP contribution in [0.4, 0.5) is 0 Å². The summed E-state index contributed by atoms with van der Waals surface area (Å²) in [5.41, 5.74) is 1.18. The van der Waals surface area contributed by atoms with Gasteiger partial charge in [0.25, 0.3) is 5.56 Å². The highest BCUT2D eigenvalue weighted by Gasteiger charge is 2.21. The number of nitrogens with zero attached hydrogens (tertiary/aromatic N) is 1. The number of carbonyl (C=O) groups excluding carboxylic acids is 1. The number of unbranched alkanes of at least 4 members (excludes halogenated alkanes) is 6. The summed E-state index contributed by atoms with van der Waals surface area (Å²) in [4.78, 5) is 34.1. The second-order valence-corrected chi connectivity index (χ2v) is 9.58. The number of aromatic amines is 1. The molecule has 0 radical (unpaired) electrons. The molecule has 3 rings (SSSR count). The first kappa shape index (κ1) is 21.4. The Morgan fingerprint density at radius 2 is 1.96 bits per heavy atom. The Labute approximate surface area is 175 Å². The van der Waals surface area contributed by atoms with Crippen molar-refractivity contribution in [2.24, 2.45) is 0 Å². The van der Waals surface area contributed by atoms with E-state index < -0.39 is 0 Å². The van der Waals surface area contributed by atoms with E-state index in [-0.39, 0.29) is 11.5 Å². The van der Waals surface area contributed by atoms with Gasteiger partial charge in [-0.1, -0.05) is 45.4 Å². The molecule has 1 amide bonds. The number of amides is 1. The summed E-state index contributed by atoms with van der Waals surface area (Å²) in [6.07, 6.45) is 11.9. The van der Waals surface area contributed by atoms with Gasteiger partial charge in [-0.25, -0.2) is 4.98 Å². The van der Waals surface area contributed by atoms with Crippen LogP contribution in [0.25, 0.3) is 10.2 Å². The quantitative estimate of drug-likeness (QED) is 0.492. The van der Waals surface area contributed by atoms with Crippen molar-refractivity contribution >= 4 is 39.2 Å². The third-order valence-electron chi connectivity index (χ3n) is 5.20. The number of fused-ring (bicyclic) bond motifs is 3. The summed E-state index contributed by atoms with van der Waals surface area (Å²) < 4.78 is 0. The maximum atomic E-state index is 12.4. The Morgan fingerprint density at radius 3 is 2.79 bits per heavy atom. The van der Waals surface area contributed by atoms with Gasteiger partial charge in [-0.15, -0.1) is 23.1 Å². The molecule has 2 N–H and O–H groups in total. The van der Waals surface area contributed by atoms with E-state index in [2.05, 4.69) is 22.2 Å². The molecular weight excluding hydrogens is 390 g/mol. The van der Waals surface area contributed by atoms with Crippen molar-refractivity contribution in [1.29, 1.82) is 0 Å². The molecule has 1 aliphatic carbocycles. The summed E-state index contributed by atoms with van der Waals surface area (Å²) in [7, 11) is 0. The number of hydrogen-bond donors (Lipinski definition) is 2. The minimum atomic E-state index is -0.0246. The lowest BCUT2D eigenvalue weighted by Gasteiger charge is -2.05. The van der Waals surface area contributed by atoms with E-state index in [1.165, 1.54) is 60.7 Å². The molecule has 2 aromatic heterocycles. The predicted octanol–water partition coefficient (Wildman–Crippen LogP) is 4.57. The fraction of sp³-hybridized carbons (Fsp3) is 0.667. The molecule has 0 atom stereocenters. The van der Waals surface area contributed by atoms with Gasteiger partial charge in [-0.2, -0.15) is 0 Å². The van der Waals surface area contributed by atoms with E-state index >= 15 is 0 Å². The lowest BCUT2D eigenvalue weighted by Crippen LogP contribution is -2.26. The molecule has 0 unspecified atom stereocenters. The molecular formula is C21H31N3O2S2. The van der Waals surface area contributed by atoms with Crippen LogP contribution in [0.1, 0.15) is 74.6 Å².